The fraction of sp³-hybridized carbons (Fsp3) is 0.333. The molecule has 1 fully saturated rings. The van der Waals surface area contributed by atoms with Crippen molar-refractivity contribution in [3.05, 3.63) is 54.7 Å². The van der Waals surface area contributed by atoms with Crippen molar-refractivity contribution >= 4 is 17.3 Å². The van der Waals surface area contributed by atoms with Gasteiger partial charge in [-0.3, -0.25) is 0 Å². The standard InChI is InChI=1S/C18H24N6/c1-4-20-18-16(7-9-21-18)13(2)24-10-8-15(12-24)23(3)17-6-5-14(19)11-22-17/h4-7,9,11,15H,1,8,10,12,19H2,2-3H3,(H,20,21)/b16-13+. The summed E-state index contributed by atoms with van der Waals surface area (Å²) >= 11 is 0. The van der Waals surface area contributed by atoms with Crippen molar-refractivity contribution in [2.75, 3.05) is 30.8 Å². The summed E-state index contributed by atoms with van der Waals surface area (Å²) in [7, 11) is 2.09. The van der Waals surface area contributed by atoms with Gasteiger partial charge in [0, 0.05) is 43.6 Å². The molecule has 0 bridgehead atoms. The Morgan fingerprint density at radius 1 is 1.50 bits per heavy atom. The molecular weight excluding hydrogens is 300 g/mol. The van der Waals surface area contributed by atoms with E-state index in [4.69, 9.17) is 5.73 Å². The normalized spacial score (nSPS) is 21.7. The number of nitrogen functional groups attached to an aromatic ring is 1. The fourth-order valence-corrected chi connectivity index (χ4v) is 3.16. The quantitative estimate of drug-likeness (QED) is 0.888. The largest absolute Gasteiger partial charge is 0.397 e. The molecule has 0 radical (unpaired) electrons. The fourth-order valence-electron chi connectivity index (χ4n) is 3.16. The zero-order chi connectivity index (χ0) is 17.1. The minimum Gasteiger partial charge on any atom is -0.397 e. The second-order valence-corrected chi connectivity index (χ2v) is 6.09. The average molecular weight is 324 g/mol. The number of amidine groups is 1. The van der Waals surface area contributed by atoms with E-state index in [0.717, 1.165) is 36.7 Å². The minimum atomic E-state index is 0.426. The number of likely N-dealkylation sites (N-methyl/N-ethyl adjacent to an activating group) is 1. The van der Waals surface area contributed by atoms with Crippen molar-refractivity contribution in [3.8, 4) is 0 Å². The monoisotopic (exact) mass is 324 g/mol. The van der Waals surface area contributed by atoms with Crippen LogP contribution in [0.5, 0.6) is 0 Å². The van der Waals surface area contributed by atoms with Crippen LogP contribution in [0.1, 0.15) is 13.3 Å². The second-order valence-electron chi connectivity index (χ2n) is 6.09. The van der Waals surface area contributed by atoms with Gasteiger partial charge in [0.1, 0.15) is 11.7 Å². The number of likely N-dealkylation sites (tertiary alicyclic amines) is 1. The first-order valence-corrected chi connectivity index (χ1v) is 8.12. The van der Waals surface area contributed by atoms with Crippen molar-refractivity contribution in [2.45, 2.75) is 19.4 Å². The van der Waals surface area contributed by atoms with Gasteiger partial charge in [0.05, 0.1) is 11.9 Å². The molecule has 1 saturated heterocycles. The summed E-state index contributed by atoms with van der Waals surface area (Å²) in [5, 5.41) is 3.10. The predicted octanol–water partition coefficient (Wildman–Crippen LogP) is 2.11. The number of allylic oxidation sites excluding steroid dienone is 1. The third-order valence-electron chi connectivity index (χ3n) is 4.65. The molecule has 2 aliphatic rings. The van der Waals surface area contributed by atoms with E-state index in [0.29, 0.717) is 11.7 Å². The highest BCUT2D eigenvalue weighted by Gasteiger charge is 2.28. The maximum atomic E-state index is 5.72. The molecule has 0 saturated carbocycles. The highest BCUT2D eigenvalue weighted by Crippen LogP contribution is 2.25. The van der Waals surface area contributed by atoms with Gasteiger partial charge in [-0.15, -0.1) is 0 Å². The van der Waals surface area contributed by atoms with Crippen LogP contribution in [0.4, 0.5) is 11.5 Å². The first-order chi connectivity index (χ1) is 11.6. The molecule has 126 valence electrons. The maximum Gasteiger partial charge on any atom is 0.138 e. The van der Waals surface area contributed by atoms with E-state index in [-0.39, 0.29) is 0 Å². The first-order valence-electron chi connectivity index (χ1n) is 8.12. The van der Waals surface area contributed by atoms with Gasteiger partial charge in [-0.1, -0.05) is 6.58 Å². The van der Waals surface area contributed by atoms with Gasteiger partial charge in [-0.25, -0.2) is 9.98 Å². The van der Waals surface area contributed by atoms with Crippen LogP contribution >= 0.6 is 0 Å². The Labute approximate surface area is 143 Å². The minimum absolute atomic E-state index is 0.426. The van der Waals surface area contributed by atoms with Crippen molar-refractivity contribution in [1.29, 1.82) is 0 Å². The Morgan fingerprint density at radius 3 is 3.04 bits per heavy atom. The van der Waals surface area contributed by atoms with E-state index in [9.17, 15) is 0 Å². The summed E-state index contributed by atoms with van der Waals surface area (Å²) < 4.78 is 0. The van der Waals surface area contributed by atoms with Crippen LogP contribution < -0.4 is 16.0 Å². The number of nitrogens with zero attached hydrogens (tertiary/aromatic N) is 4. The van der Waals surface area contributed by atoms with Crippen LogP contribution in [0.25, 0.3) is 0 Å². The molecule has 0 amide bonds. The lowest BCUT2D eigenvalue weighted by molar-refractivity contribution is 0.417. The maximum absolute atomic E-state index is 5.72. The molecule has 6 heteroatoms. The predicted molar refractivity (Wildman–Crippen MR) is 99.6 cm³/mol. The number of nitrogens with two attached hydrogens (primary N) is 1. The molecule has 1 aromatic rings. The van der Waals surface area contributed by atoms with E-state index in [1.54, 1.807) is 12.4 Å². The van der Waals surface area contributed by atoms with Crippen LogP contribution in [-0.2, 0) is 0 Å². The Kier molecular flexibility index (Phi) is 4.55. The number of rotatable bonds is 4. The van der Waals surface area contributed by atoms with Gasteiger partial charge in [0.2, 0.25) is 0 Å². The van der Waals surface area contributed by atoms with Crippen LogP contribution in [0, 0.1) is 0 Å². The highest BCUT2D eigenvalue weighted by molar-refractivity contribution is 6.04. The van der Waals surface area contributed by atoms with Gasteiger partial charge in [-0.2, -0.15) is 0 Å². The van der Waals surface area contributed by atoms with Crippen molar-refractivity contribution < 1.29 is 0 Å². The van der Waals surface area contributed by atoms with E-state index in [2.05, 4.69) is 45.6 Å². The summed E-state index contributed by atoms with van der Waals surface area (Å²) in [5.41, 5.74) is 8.78. The van der Waals surface area contributed by atoms with Crippen LogP contribution in [0.2, 0.25) is 0 Å². The summed E-state index contributed by atoms with van der Waals surface area (Å²) in [5.74, 6) is 1.82. The zero-order valence-electron chi connectivity index (χ0n) is 14.2. The summed E-state index contributed by atoms with van der Waals surface area (Å²) in [6, 6.07) is 4.29. The molecule has 1 unspecified atom stereocenters. The lowest BCUT2D eigenvalue weighted by atomic mass is 10.2. The molecule has 3 N–H and O–H groups in total. The lowest BCUT2D eigenvalue weighted by Crippen LogP contribution is -2.35. The Morgan fingerprint density at radius 2 is 2.33 bits per heavy atom. The number of hydrogen-bond acceptors (Lipinski definition) is 6. The first kappa shape index (κ1) is 16.1. The second kappa shape index (κ2) is 6.78. The third kappa shape index (κ3) is 3.13. The van der Waals surface area contributed by atoms with Crippen molar-refractivity contribution in [2.24, 2.45) is 4.99 Å². The van der Waals surface area contributed by atoms with Crippen LogP contribution in [-0.4, -0.2) is 41.9 Å². The summed E-state index contributed by atoms with van der Waals surface area (Å²) in [6.45, 7) is 7.85. The molecule has 0 aromatic carbocycles. The molecule has 24 heavy (non-hydrogen) atoms. The topological polar surface area (TPSA) is 69.8 Å². The lowest BCUT2D eigenvalue weighted by Gasteiger charge is -2.27. The third-order valence-corrected chi connectivity index (χ3v) is 4.65. The molecule has 2 aliphatic heterocycles. The van der Waals surface area contributed by atoms with E-state index in [1.807, 2.05) is 24.4 Å². The molecular formula is C18H24N6. The van der Waals surface area contributed by atoms with Crippen molar-refractivity contribution in [1.82, 2.24) is 15.2 Å². The molecule has 0 spiro atoms. The highest BCUT2D eigenvalue weighted by atomic mass is 15.3. The van der Waals surface area contributed by atoms with Gasteiger partial charge in [-0.05, 0) is 37.8 Å². The molecule has 0 aliphatic carbocycles. The number of aromatic nitrogens is 1. The van der Waals surface area contributed by atoms with Crippen LogP contribution in [0.3, 0.4) is 0 Å². The molecule has 3 rings (SSSR count). The Bertz CT molecular complexity index is 701. The molecule has 6 nitrogen and oxygen atoms in total. The van der Waals surface area contributed by atoms with Gasteiger partial charge < -0.3 is 20.9 Å². The Balaban J connectivity index is 1.71. The zero-order valence-corrected chi connectivity index (χ0v) is 14.2. The number of pyridine rings is 1. The van der Waals surface area contributed by atoms with Gasteiger partial charge >= 0.3 is 0 Å². The SMILES string of the molecule is C=CNC1=NC=C/C1=C(/C)N1CCC(N(C)c2ccc(N)cn2)C1. The molecule has 3 heterocycles. The van der Waals surface area contributed by atoms with Gasteiger partial charge in [0.25, 0.3) is 0 Å². The molecule has 1 aromatic heterocycles. The van der Waals surface area contributed by atoms with E-state index < -0.39 is 0 Å². The average Bonchev–Trinajstić information content (AvgIpc) is 3.24. The van der Waals surface area contributed by atoms with E-state index in [1.165, 1.54) is 5.70 Å². The van der Waals surface area contributed by atoms with Crippen molar-refractivity contribution in [3.63, 3.8) is 0 Å². The smallest absolute Gasteiger partial charge is 0.138 e. The number of anilines is 2. The Hall–Kier alpha value is -2.76. The molecule has 1 atom stereocenters. The van der Waals surface area contributed by atoms with Gasteiger partial charge in [0.15, 0.2) is 0 Å². The number of nitrogens with one attached hydrogen (secondary N) is 1. The van der Waals surface area contributed by atoms with E-state index >= 15 is 0 Å². The van der Waals surface area contributed by atoms with Crippen LogP contribution in [0.15, 0.2) is 59.6 Å². The number of aliphatic imine (C=N–C) groups is 1. The summed E-state index contributed by atoms with van der Waals surface area (Å²) in [6.07, 6.45) is 8.33. The summed E-state index contributed by atoms with van der Waals surface area (Å²) in [4.78, 5) is 13.4. The number of hydrogen-bond donors (Lipinski definition) is 2.